The van der Waals surface area contributed by atoms with Gasteiger partial charge in [0.05, 0.1) is 6.20 Å². The Kier molecular flexibility index (Phi) is 7.62. The summed E-state index contributed by atoms with van der Waals surface area (Å²) >= 11 is 5.71. The molecule has 1 amide bonds. The molecule has 0 atom stereocenters. The van der Waals surface area contributed by atoms with E-state index in [1.165, 1.54) is 23.4 Å². The summed E-state index contributed by atoms with van der Waals surface area (Å²) in [4.78, 5) is 17.2. The predicted octanol–water partition coefficient (Wildman–Crippen LogP) is 4.84. The second-order valence-corrected chi connectivity index (χ2v) is 7.80. The Morgan fingerprint density at radius 3 is 2.43 bits per heavy atom. The quantitative estimate of drug-likeness (QED) is 0.721. The van der Waals surface area contributed by atoms with Crippen LogP contribution in [0.4, 0.5) is 19.4 Å². The van der Waals surface area contributed by atoms with E-state index in [4.69, 9.17) is 16.3 Å². The molecule has 0 spiro atoms. The van der Waals surface area contributed by atoms with E-state index in [1.54, 1.807) is 39.0 Å². The Bertz CT molecular complexity index is 751. The van der Waals surface area contributed by atoms with Crippen LogP contribution >= 0.6 is 11.6 Å². The molecule has 1 aliphatic rings. The minimum atomic E-state index is -0.771. The lowest BCUT2D eigenvalue weighted by Gasteiger charge is -2.34. The molecular formula is C19H23ClF2N4O2. The van der Waals surface area contributed by atoms with Gasteiger partial charge in [-0.25, -0.2) is 13.6 Å². The molecule has 1 aliphatic carbocycles. The highest BCUT2D eigenvalue weighted by molar-refractivity contribution is 6.29. The lowest BCUT2D eigenvalue weighted by Crippen LogP contribution is -2.43. The van der Waals surface area contributed by atoms with Crippen molar-refractivity contribution >= 4 is 23.5 Å². The molecule has 0 aromatic carbocycles. The van der Waals surface area contributed by atoms with Crippen molar-refractivity contribution in [2.75, 3.05) is 11.4 Å². The zero-order chi connectivity index (χ0) is 20.7. The Balaban J connectivity index is 0.000000336. The van der Waals surface area contributed by atoms with Gasteiger partial charge in [-0.3, -0.25) is 9.88 Å². The molecule has 2 aromatic rings. The van der Waals surface area contributed by atoms with Gasteiger partial charge >= 0.3 is 6.09 Å². The fourth-order valence-corrected chi connectivity index (χ4v) is 2.54. The van der Waals surface area contributed by atoms with Crippen LogP contribution < -0.4 is 4.90 Å². The monoisotopic (exact) mass is 412 g/mol. The first-order chi connectivity index (χ1) is 13.1. The number of rotatable bonds is 3. The van der Waals surface area contributed by atoms with E-state index in [9.17, 15) is 13.6 Å². The van der Waals surface area contributed by atoms with Crippen LogP contribution in [0, 0.1) is 11.7 Å². The SMILES string of the molecule is CC(C)(C)OC(=O)N(CC1CC(F)C1)c1ccc(Cl)nn1.Fc1cccnc1. The molecule has 2 heterocycles. The van der Waals surface area contributed by atoms with E-state index in [1.807, 2.05) is 0 Å². The minimum Gasteiger partial charge on any atom is -0.443 e. The summed E-state index contributed by atoms with van der Waals surface area (Å²) in [5, 5.41) is 7.89. The van der Waals surface area contributed by atoms with Crippen LogP contribution in [0.25, 0.3) is 0 Å². The smallest absolute Gasteiger partial charge is 0.416 e. The summed E-state index contributed by atoms with van der Waals surface area (Å²) in [7, 11) is 0. The number of halogens is 3. The number of anilines is 1. The Morgan fingerprint density at radius 2 is 2.00 bits per heavy atom. The van der Waals surface area contributed by atoms with Crippen molar-refractivity contribution in [3.63, 3.8) is 0 Å². The van der Waals surface area contributed by atoms with Crippen LogP contribution in [0.5, 0.6) is 0 Å². The number of hydrogen-bond donors (Lipinski definition) is 0. The molecular weight excluding hydrogens is 390 g/mol. The number of hydrogen-bond acceptors (Lipinski definition) is 5. The van der Waals surface area contributed by atoms with Crippen LogP contribution in [0.2, 0.25) is 5.15 Å². The average Bonchev–Trinajstić information content (AvgIpc) is 2.58. The van der Waals surface area contributed by atoms with Crippen molar-refractivity contribution in [1.29, 1.82) is 0 Å². The molecule has 9 heteroatoms. The van der Waals surface area contributed by atoms with E-state index in [0.29, 0.717) is 25.2 Å². The lowest BCUT2D eigenvalue weighted by molar-refractivity contribution is 0.0548. The topological polar surface area (TPSA) is 68.2 Å². The molecule has 6 nitrogen and oxygen atoms in total. The molecule has 1 fully saturated rings. The minimum absolute atomic E-state index is 0.116. The third-order valence-corrected chi connectivity index (χ3v) is 3.95. The van der Waals surface area contributed by atoms with E-state index in [0.717, 1.165) is 0 Å². The third kappa shape index (κ3) is 7.34. The Labute approximate surface area is 167 Å². The number of nitrogens with zero attached hydrogens (tertiary/aromatic N) is 4. The standard InChI is InChI=1S/C14H19ClFN3O2.C5H4FN/c1-14(2,3)21-13(20)19(8-9-6-10(16)7-9)12-5-4-11(15)17-18-12;6-5-2-1-3-7-4-5/h4-5,9-10H,6-8H2,1-3H3;1-4H. The fourth-order valence-electron chi connectivity index (χ4n) is 2.44. The Hall–Kier alpha value is -2.35. The van der Waals surface area contributed by atoms with Gasteiger partial charge in [0.1, 0.15) is 17.6 Å². The maximum Gasteiger partial charge on any atom is 0.416 e. The third-order valence-electron chi connectivity index (χ3n) is 3.75. The summed E-state index contributed by atoms with van der Waals surface area (Å²) in [5.41, 5.74) is -0.614. The van der Waals surface area contributed by atoms with Gasteiger partial charge in [-0.2, -0.15) is 0 Å². The molecule has 1 saturated carbocycles. The zero-order valence-electron chi connectivity index (χ0n) is 16.0. The number of carbonyl (C=O) groups is 1. The van der Waals surface area contributed by atoms with Gasteiger partial charge in [-0.05, 0) is 63.8 Å². The Morgan fingerprint density at radius 1 is 1.29 bits per heavy atom. The molecule has 0 unspecified atom stereocenters. The van der Waals surface area contributed by atoms with Gasteiger partial charge in [0, 0.05) is 12.7 Å². The number of aromatic nitrogens is 3. The summed E-state index contributed by atoms with van der Waals surface area (Å²) in [6, 6.07) is 6.06. The second kappa shape index (κ2) is 9.73. The normalized spacial score (nSPS) is 18.4. The van der Waals surface area contributed by atoms with Crippen molar-refractivity contribution in [3.05, 3.63) is 47.6 Å². The summed E-state index contributed by atoms with van der Waals surface area (Å²) in [5.74, 6) is 0.184. The molecule has 0 aliphatic heterocycles. The number of pyridine rings is 1. The van der Waals surface area contributed by atoms with Crippen molar-refractivity contribution in [1.82, 2.24) is 15.2 Å². The number of ether oxygens (including phenoxy) is 1. The maximum atomic E-state index is 13.0. The van der Waals surface area contributed by atoms with E-state index >= 15 is 0 Å². The number of amides is 1. The molecule has 152 valence electrons. The fraction of sp³-hybridized carbons (Fsp3) is 0.474. The summed E-state index contributed by atoms with van der Waals surface area (Å²) in [6.45, 7) is 5.73. The average molecular weight is 413 g/mol. The summed E-state index contributed by atoms with van der Waals surface area (Å²) in [6.07, 6.45) is 2.33. The highest BCUT2D eigenvalue weighted by Gasteiger charge is 2.34. The van der Waals surface area contributed by atoms with Gasteiger partial charge in [0.2, 0.25) is 0 Å². The van der Waals surface area contributed by atoms with E-state index in [2.05, 4.69) is 15.2 Å². The van der Waals surface area contributed by atoms with Crippen LogP contribution in [0.1, 0.15) is 33.6 Å². The van der Waals surface area contributed by atoms with Gasteiger partial charge in [0.15, 0.2) is 11.0 Å². The molecule has 3 rings (SSSR count). The molecule has 0 N–H and O–H groups in total. The van der Waals surface area contributed by atoms with Crippen molar-refractivity contribution in [2.45, 2.75) is 45.4 Å². The molecule has 2 aromatic heterocycles. The lowest BCUT2D eigenvalue weighted by atomic mass is 9.83. The first-order valence-corrected chi connectivity index (χ1v) is 9.21. The van der Waals surface area contributed by atoms with E-state index < -0.39 is 17.9 Å². The van der Waals surface area contributed by atoms with Crippen LogP contribution in [-0.2, 0) is 4.74 Å². The summed E-state index contributed by atoms with van der Waals surface area (Å²) < 4.78 is 30.2. The maximum absolute atomic E-state index is 13.0. The van der Waals surface area contributed by atoms with E-state index in [-0.39, 0.29) is 16.9 Å². The zero-order valence-corrected chi connectivity index (χ0v) is 16.7. The van der Waals surface area contributed by atoms with Gasteiger partial charge in [-0.1, -0.05) is 11.6 Å². The number of alkyl halides is 1. The van der Waals surface area contributed by atoms with Crippen molar-refractivity contribution in [2.24, 2.45) is 5.92 Å². The molecule has 0 radical (unpaired) electrons. The van der Waals surface area contributed by atoms with Crippen molar-refractivity contribution in [3.8, 4) is 0 Å². The molecule has 0 saturated heterocycles. The van der Waals surface area contributed by atoms with Gasteiger partial charge in [0.25, 0.3) is 0 Å². The highest BCUT2D eigenvalue weighted by Crippen LogP contribution is 2.32. The van der Waals surface area contributed by atoms with Crippen LogP contribution in [-0.4, -0.2) is 39.6 Å². The van der Waals surface area contributed by atoms with Crippen molar-refractivity contribution < 1.29 is 18.3 Å². The predicted molar refractivity (Wildman–Crippen MR) is 102 cm³/mol. The van der Waals surface area contributed by atoms with Crippen LogP contribution in [0.15, 0.2) is 36.7 Å². The number of carbonyl (C=O) groups excluding carboxylic acids is 1. The molecule has 0 bridgehead atoms. The first-order valence-electron chi connectivity index (χ1n) is 8.83. The molecule has 28 heavy (non-hydrogen) atoms. The van der Waals surface area contributed by atoms with Gasteiger partial charge < -0.3 is 4.74 Å². The second-order valence-electron chi connectivity index (χ2n) is 7.41. The first kappa shape index (κ1) is 21.9. The highest BCUT2D eigenvalue weighted by atomic mass is 35.5. The largest absolute Gasteiger partial charge is 0.443 e. The van der Waals surface area contributed by atoms with Crippen LogP contribution in [0.3, 0.4) is 0 Å². The van der Waals surface area contributed by atoms with Gasteiger partial charge in [-0.15, -0.1) is 10.2 Å².